The topological polar surface area (TPSA) is 21.3 Å². The first kappa shape index (κ1) is 12.4. The fourth-order valence-corrected chi connectivity index (χ4v) is 3.51. The molecule has 0 spiro atoms. The van der Waals surface area contributed by atoms with E-state index in [0.29, 0.717) is 12.1 Å². The van der Waals surface area contributed by atoms with Crippen molar-refractivity contribution in [1.82, 2.24) is 5.32 Å². The zero-order valence-corrected chi connectivity index (χ0v) is 11.3. The normalized spacial score (nSPS) is 42.8. The van der Waals surface area contributed by atoms with Gasteiger partial charge in [-0.25, -0.2) is 0 Å². The van der Waals surface area contributed by atoms with Crippen LogP contribution in [0, 0.1) is 11.8 Å². The van der Waals surface area contributed by atoms with Crippen molar-refractivity contribution in [2.75, 3.05) is 6.61 Å². The summed E-state index contributed by atoms with van der Waals surface area (Å²) in [4.78, 5) is 0. The predicted molar refractivity (Wildman–Crippen MR) is 67.5 cm³/mol. The summed E-state index contributed by atoms with van der Waals surface area (Å²) in [5.41, 5.74) is 0.246. The van der Waals surface area contributed by atoms with Gasteiger partial charge in [-0.3, -0.25) is 0 Å². The highest BCUT2D eigenvalue weighted by Crippen LogP contribution is 2.36. The van der Waals surface area contributed by atoms with Crippen LogP contribution in [0.5, 0.6) is 0 Å². The third-order valence-electron chi connectivity index (χ3n) is 4.82. The highest BCUT2D eigenvalue weighted by molar-refractivity contribution is 5.00. The Bertz CT molecular complexity index is 237. The van der Waals surface area contributed by atoms with Crippen LogP contribution in [0.2, 0.25) is 0 Å². The van der Waals surface area contributed by atoms with Crippen LogP contribution in [0.15, 0.2) is 0 Å². The summed E-state index contributed by atoms with van der Waals surface area (Å²) in [6.07, 6.45) is 5.40. The van der Waals surface area contributed by atoms with Crippen molar-refractivity contribution in [2.24, 2.45) is 11.8 Å². The van der Waals surface area contributed by atoms with Crippen molar-refractivity contribution in [2.45, 2.75) is 71.1 Å². The van der Waals surface area contributed by atoms with E-state index in [0.717, 1.165) is 18.4 Å². The van der Waals surface area contributed by atoms with Crippen LogP contribution in [0.1, 0.15) is 53.4 Å². The summed E-state index contributed by atoms with van der Waals surface area (Å²) >= 11 is 0. The average molecular weight is 225 g/mol. The Hall–Kier alpha value is -0.0800. The molecule has 2 heteroatoms. The van der Waals surface area contributed by atoms with Crippen LogP contribution in [-0.2, 0) is 4.74 Å². The second-order valence-corrected chi connectivity index (χ2v) is 6.06. The Morgan fingerprint density at radius 3 is 2.50 bits per heavy atom. The molecule has 2 nitrogen and oxygen atoms in total. The van der Waals surface area contributed by atoms with Crippen molar-refractivity contribution in [3.05, 3.63) is 0 Å². The minimum atomic E-state index is 0.246. The summed E-state index contributed by atoms with van der Waals surface area (Å²) in [7, 11) is 0. The summed E-state index contributed by atoms with van der Waals surface area (Å²) in [6.45, 7) is 10.2. The molecule has 0 amide bonds. The molecule has 4 unspecified atom stereocenters. The molecular weight excluding hydrogens is 198 g/mol. The Balaban J connectivity index is 2.08. The lowest BCUT2D eigenvalue weighted by Crippen LogP contribution is -2.65. The molecule has 16 heavy (non-hydrogen) atoms. The Labute approximate surface area is 100 Å². The van der Waals surface area contributed by atoms with Crippen LogP contribution < -0.4 is 5.32 Å². The van der Waals surface area contributed by atoms with Gasteiger partial charge in [-0.05, 0) is 37.5 Å². The van der Waals surface area contributed by atoms with E-state index in [1.54, 1.807) is 0 Å². The molecule has 0 aromatic heterocycles. The molecule has 1 saturated heterocycles. The van der Waals surface area contributed by atoms with Crippen molar-refractivity contribution in [3.63, 3.8) is 0 Å². The van der Waals surface area contributed by atoms with Crippen LogP contribution in [0.3, 0.4) is 0 Å². The minimum Gasteiger partial charge on any atom is -0.375 e. The highest BCUT2D eigenvalue weighted by Gasteiger charge is 2.43. The van der Waals surface area contributed by atoms with Crippen LogP contribution >= 0.6 is 0 Å². The SMILES string of the molecule is CCC1(CC)COC2CC(C)CC(C)C2N1. The molecule has 0 aromatic carbocycles. The lowest BCUT2D eigenvalue weighted by molar-refractivity contribution is -0.102. The van der Waals surface area contributed by atoms with Gasteiger partial charge in [-0.1, -0.05) is 27.7 Å². The summed E-state index contributed by atoms with van der Waals surface area (Å²) in [6, 6.07) is 0.588. The van der Waals surface area contributed by atoms with E-state index in [1.165, 1.54) is 25.7 Å². The molecule has 1 heterocycles. The van der Waals surface area contributed by atoms with Crippen molar-refractivity contribution in [1.29, 1.82) is 0 Å². The van der Waals surface area contributed by atoms with Crippen LogP contribution in [-0.4, -0.2) is 24.3 Å². The molecule has 1 aliphatic carbocycles. The fraction of sp³-hybridized carbons (Fsp3) is 1.00. The molecular formula is C14H27NO. The molecule has 94 valence electrons. The first-order valence-electron chi connectivity index (χ1n) is 6.99. The summed E-state index contributed by atoms with van der Waals surface area (Å²) < 4.78 is 6.16. The number of morpholine rings is 1. The minimum absolute atomic E-state index is 0.246. The second-order valence-electron chi connectivity index (χ2n) is 6.06. The number of ether oxygens (including phenoxy) is 1. The molecule has 0 radical (unpaired) electrons. The van der Waals surface area contributed by atoms with Gasteiger partial charge < -0.3 is 10.1 Å². The first-order chi connectivity index (χ1) is 7.60. The van der Waals surface area contributed by atoms with Gasteiger partial charge in [0.15, 0.2) is 0 Å². The maximum absolute atomic E-state index is 6.16. The van der Waals surface area contributed by atoms with Gasteiger partial charge in [0, 0.05) is 11.6 Å². The third kappa shape index (κ3) is 2.14. The van der Waals surface area contributed by atoms with Gasteiger partial charge in [-0.15, -0.1) is 0 Å². The van der Waals surface area contributed by atoms with E-state index in [9.17, 15) is 0 Å². The number of fused-ring (bicyclic) bond motifs is 1. The highest BCUT2D eigenvalue weighted by atomic mass is 16.5. The van der Waals surface area contributed by atoms with Gasteiger partial charge in [0.25, 0.3) is 0 Å². The van der Waals surface area contributed by atoms with Gasteiger partial charge in [0.1, 0.15) is 0 Å². The quantitative estimate of drug-likeness (QED) is 0.780. The maximum Gasteiger partial charge on any atom is 0.0734 e. The first-order valence-corrected chi connectivity index (χ1v) is 6.99. The number of hydrogen-bond acceptors (Lipinski definition) is 2. The lowest BCUT2D eigenvalue weighted by Gasteiger charge is -2.50. The smallest absolute Gasteiger partial charge is 0.0734 e. The average Bonchev–Trinajstić information content (AvgIpc) is 2.29. The van der Waals surface area contributed by atoms with Crippen LogP contribution in [0.4, 0.5) is 0 Å². The van der Waals surface area contributed by atoms with E-state index in [-0.39, 0.29) is 5.54 Å². The van der Waals surface area contributed by atoms with Gasteiger partial charge in [-0.2, -0.15) is 0 Å². The standard InChI is InChI=1S/C14H27NO/c1-5-14(6-2)9-16-12-8-10(3)7-11(4)13(12)15-14/h10-13,15H,5-9H2,1-4H3. The molecule has 1 N–H and O–H groups in total. The molecule has 1 saturated carbocycles. The third-order valence-corrected chi connectivity index (χ3v) is 4.82. The number of rotatable bonds is 2. The largest absolute Gasteiger partial charge is 0.375 e. The Morgan fingerprint density at radius 1 is 1.19 bits per heavy atom. The molecule has 2 rings (SSSR count). The Morgan fingerprint density at radius 2 is 1.88 bits per heavy atom. The van der Waals surface area contributed by atoms with Gasteiger partial charge in [0.05, 0.1) is 12.7 Å². The van der Waals surface area contributed by atoms with Crippen LogP contribution in [0.25, 0.3) is 0 Å². The van der Waals surface area contributed by atoms with Crippen molar-refractivity contribution in [3.8, 4) is 0 Å². The monoisotopic (exact) mass is 225 g/mol. The number of nitrogens with one attached hydrogen (secondary N) is 1. The summed E-state index contributed by atoms with van der Waals surface area (Å²) in [5.74, 6) is 1.58. The van der Waals surface area contributed by atoms with Gasteiger partial charge >= 0.3 is 0 Å². The summed E-state index contributed by atoms with van der Waals surface area (Å²) in [5, 5.41) is 3.91. The van der Waals surface area contributed by atoms with Crippen molar-refractivity contribution < 1.29 is 4.74 Å². The molecule has 2 fully saturated rings. The molecule has 4 atom stereocenters. The van der Waals surface area contributed by atoms with E-state index in [4.69, 9.17) is 4.74 Å². The van der Waals surface area contributed by atoms with E-state index >= 15 is 0 Å². The van der Waals surface area contributed by atoms with E-state index < -0.39 is 0 Å². The predicted octanol–water partition coefficient (Wildman–Crippen LogP) is 2.97. The zero-order chi connectivity index (χ0) is 11.8. The fourth-order valence-electron chi connectivity index (χ4n) is 3.51. The van der Waals surface area contributed by atoms with Gasteiger partial charge in [0.2, 0.25) is 0 Å². The second kappa shape index (κ2) is 4.66. The van der Waals surface area contributed by atoms with Crippen molar-refractivity contribution >= 4 is 0 Å². The maximum atomic E-state index is 6.16. The molecule has 2 aliphatic rings. The number of hydrogen-bond donors (Lipinski definition) is 1. The molecule has 0 aromatic rings. The lowest BCUT2D eigenvalue weighted by atomic mass is 9.75. The van der Waals surface area contributed by atoms with E-state index in [1.807, 2.05) is 0 Å². The Kier molecular flexibility index (Phi) is 3.60. The zero-order valence-electron chi connectivity index (χ0n) is 11.3. The van der Waals surface area contributed by atoms with E-state index in [2.05, 4.69) is 33.0 Å². The molecule has 0 bridgehead atoms. The molecule has 1 aliphatic heterocycles.